The maximum absolute atomic E-state index is 11.4. The van der Waals surface area contributed by atoms with E-state index in [-0.39, 0.29) is 6.54 Å². The molecule has 0 saturated heterocycles. The minimum absolute atomic E-state index is 0.244. The quantitative estimate of drug-likeness (QED) is 0.614. The first-order chi connectivity index (χ1) is 8.63. The van der Waals surface area contributed by atoms with E-state index in [1.54, 1.807) is 17.5 Å². The normalized spacial score (nSPS) is 9.33. The monoisotopic (exact) mass is 268 g/mol. The van der Waals surface area contributed by atoms with Gasteiger partial charge >= 0.3 is 12.0 Å². The maximum Gasteiger partial charge on any atom is 0.348 e. The van der Waals surface area contributed by atoms with Gasteiger partial charge in [-0.1, -0.05) is 12.1 Å². The summed E-state index contributed by atoms with van der Waals surface area (Å²) >= 11 is 1.21. The second-order valence-electron chi connectivity index (χ2n) is 3.10. The summed E-state index contributed by atoms with van der Waals surface area (Å²) in [5.41, 5.74) is 0. The summed E-state index contributed by atoms with van der Waals surface area (Å²) in [6, 6.07) is 2.62. The van der Waals surface area contributed by atoms with E-state index in [1.165, 1.54) is 17.4 Å². The summed E-state index contributed by atoms with van der Waals surface area (Å²) < 4.78 is 4.71. The molecule has 0 saturated carbocycles. The number of urea groups is 1. The minimum atomic E-state index is -0.693. The van der Waals surface area contributed by atoms with Crippen LogP contribution in [0, 0.1) is 0 Å². The molecule has 2 N–H and O–H groups in total. The van der Waals surface area contributed by atoms with E-state index >= 15 is 0 Å². The zero-order chi connectivity index (χ0) is 13.4. The predicted octanol–water partition coefficient (Wildman–Crippen LogP) is 0.917. The third-order valence-electron chi connectivity index (χ3n) is 1.72. The van der Waals surface area contributed by atoms with Gasteiger partial charge in [-0.25, -0.2) is 9.59 Å². The smallest absolute Gasteiger partial charge is 0.348 e. The number of carbonyl (C=O) groups is 3. The van der Waals surface area contributed by atoms with Gasteiger partial charge in [0.1, 0.15) is 4.88 Å². The summed E-state index contributed by atoms with van der Waals surface area (Å²) in [4.78, 5) is 34.0. The van der Waals surface area contributed by atoms with Gasteiger partial charge in [0.15, 0.2) is 6.61 Å². The molecule has 0 bridgehead atoms. The highest BCUT2D eigenvalue weighted by atomic mass is 32.1. The summed E-state index contributed by atoms with van der Waals surface area (Å²) in [6.07, 6.45) is 1.47. The molecule has 6 nitrogen and oxygen atoms in total. The number of imide groups is 1. The van der Waals surface area contributed by atoms with Crippen LogP contribution in [0.3, 0.4) is 0 Å². The van der Waals surface area contributed by atoms with Gasteiger partial charge in [-0.15, -0.1) is 17.9 Å². The molecule has 1 rings (SSSR count). The zero-order valence-electron chi connectivity index (χ0n) is 9.47. The number of esters is 1. The van der Waals surface area contributed by atoms with Crippen molar-refractivity contribution in [3.05, 3.63) is 35.0 Å². The summed E-state index contributed by atoms with van der Waals surface area (Å²) in [5, 5.41) is 6.08. The Morgan fingerprint density at radius 1 is 1.44 bits per heavy atom. The highest BCUT2D eigenvalue weighted by Gasteiger charge is 2.12. The lowest BCUT2D eigenvalue weighted by Gasteiger charge is -2.05. The zero-order valence-corrected chi connectivity index (χ0v) is 10.3. The van der Waals surface area contributed by atoms with E-state index in [1.807, 2.05) is 5.32 Å². The Hall–Kier alpha value is -2.15. The first kappa shape index (κ1) is 13.9. The molecule has 0 unspecified atom stereocenters. The van der Waals surface area contributed by atoms with Crippen LogP contribution in [0.4, 0.5) is 4.79 Å². The molecule has 0 fully saturated rings. The van der Waals surface area contributed by atoms with Gasteiger partial charge in [-0.2, -0.15) is 0 Å². The van der Waals surface area contributed by atoms with E-state index in [2.05, 4.69) is 11.9 Å². The van der Waals surface area contributed by atoms with Crippen LogP contribution in [0.1, 0.15) is 9.67 Å². The van der Waals surface area contributed by atoms with Gasteiger partial charge in [-0.05, 0) is 11.4 Å². The molecule has 0 spiro atoms. The fraction of sp³-hybridized carbons (Fsp3) is 0.182. The Labute approximate surface area is 108 Å². The number of amides is 3. The van der Waals surface area contributed by atoms with Crippen molar-refractivity contribution in [3.63, 3.8) is 0 Å². The third kappa shape index (κ3) is 4.79. The Morgan fingerprint density at radius 3 is 2.83 bits per heavy atom. The van der Waals surface area contributed by atoms with Crippen LogP contribution in [0.5, 0.6) is 0 Å². The highest BCUT2D eigenvalue weighted by molar-refractivity contribution is 7.11. The number of nitrogens with one attached hydrogen (secondary N) is 2. The number of ether oxygens (including phenoxy) is 1. The Morgan fingerprint density at radius 2 is 2.22 bits per heavy atom. The molecule has 0 aliphatic heterocycles. The van der Waals surface area contributed by atoms with Crippen molar-refractivity contribution in [2.75, 3.05) is 13.2 Å². The lowest BCUT2D eigenvalue weighted by Crippen LogP contribution is -2.41. The summed E-state index contributed by atoms with van der Waals surface area (Å²) in [6.45, 7) is 3.15. The Bertz CT molecular complexity index is 442. The maximum atomic E-state index is 11.4. The van der Waals surface area contributed by atoms with E-state index in [0.717, 1.165) is 0 Å². The van der Waals surface area contributed by atoms with Gasteiger partial charge in [0.2, 0.25) is 0 Å². The predicted molar refractivity (Wildman–Crippen MR) is 66.3 cm³/mol. The first-order valence-electron chi connectivity index (χ1n) is 5.02. The molecule has 1 heterocycles. The van der Waals surface area contributed by atoms with Crippen molar-refractivity contribution in [3.8, 4) is 0 Å². The first-order valence-corrected chi connectivity index (χ1v) is 5.90. The largest absolute Gasteiger partial charge is 0.451 e. The fourth-order valence-corrected chi connectivity index (χ4v) is 1.58. The Balaban J connectivity index is 2.27. The second-order valence-corrected chi connectivity index (χ2v) is 4.05. The van der Waals surface area contributed by atoms with E-state index in [9.17, 15) is 14.4 Å². The van der Waals surface area contributed by atoms with Gasteiger partial charge in [-0.3, -0.25) is 10.1 Å². The topological polar surface area (TPSA) is 84.5 Å². The van der Waals surface area contributed by atoms with E-state index < -0.39 is 24.5 Å². The average Bonchev–Trinajstić information content (AvgIpc) is 2.87. The summed E-state index contributed by atoms with van der Waals surface area (Å²) in [7, 11) is 0. The average molecular weight is 268 g/mol. The van der Waals surface area contributed by atoms with Crippen LogP contribution in [0.15, 0.2) is 30.2 Å². The molecule has 1 aromatic heterocycles. The second kappa shape index (κ2) is 7.23. The molecular formula is C11H12N2O4S. The lowest BCUT2D eigenvalue weighted by atomic mass is 10.5. The standard InChI is InChI=1S/C11H12N2O4S/c1-2-5-12-11(16)13-9(14)7-17-10(15)8-4-3-6-18-8/h2-4,6H,1,5,7H2,(H2,12,13,14,16). The van der Waals surface area contributed by atoms with Crippen LogP contribution in [-0.2, 0) is 9.53 Å². The molecule has 3 amide bonds. The van der Waals surface area contributed by atoms with Crippen molar-refractivity contribution >= 4 is 29.2 Å². The fourth-order valence-electron chi connectivity index (χ4n) is 0.969. The molecular weight excluding hydrogens is 256 g/mol. The SMILES string of the molecule is C=CCNC(=O)NC(=O)COC(=O)c1cccs1. The van der Waals surface area contributed by atoms with Gasteiger partial charge in [0.05, 0.1) is 0 Å². The lowest BCUT2D eigenvalue weighted by molar-refractivity contribution is -0.123. The number of hydrogen-bond donors (Lipinski definition) is 2. The molecule has 96 valence electrons. The summed E-state index contributed by atoms with van der Waals surface area (Å²) in [5.74, 6) is -1.28. The van der Waals surface area contributed by atoms with E-state index in [0.29, 0.717) is 4.88 Å². The number of rotatable bonds is 5. The third-order valence-corrected chi connectivity index (χ3v) is 2.57. The molecule has 18 heavy (non-hydrogen) atoms. The van der Waals surface area contributed by atoms with E-state index in [4.69, 9.17) is 4.74 Å². The molecule has 0 aliphatic rings. The molecule has 1 aromatic rings. The van der Waals surface area contributed by atoms with Crippen molar-refractivity contribution in [2.24, 2.45) is 0 Å². The number of hydrogen-bond acceptors (Lipinski definition) is 5. The van der Waals surface area contributed by atoms with Crippen molar-refractivity contribution < 1.29 is 19.1 Å². The number of thiophene rings is 1. The molecule has 0 radical (unpaired) electrons. The van der Waals surface area contributed by atoms with Crippen molar-refractivity contribution in [2.45, 2.75) is 0 Å². The van der Waals surface area contributed by atoms with Crippen LogP contribution in [0.2, 0.25) is 0 Å². The van der Waals surface area contributed by atoms with Gasteiger partial charge in [0.25, 0.3) is 5.91 Å². The number of carbonyl (C=O) groups excluding carboxylic acids is 3. The van der Waals surface area contributed by atoms with Gasteiger partial charge < -0.3 is 10.1 Å². The molecule has 7 heteroatoms. The molecule has 0 atom stereocenters. The molecule has 0 aromatic carbocycles. The van der Waals surface area contributed by atoms with Crippen LogP contribution < -0.4 is 10.6 Å². The van der Waals surface area contributed by atoms with Crippen LogP contribution in [-0.4, -0.2) is 31.1 Å². The van der Waals surface area contributed by atoms with Crippen LogP contribution >= 0.6 is 11.3 Å². The highest BCUT2D eigenvalue weighted by Crippen LogP contribution is 2.09. The minimum Gasteiger partial charge on any atom is -0.451 e. The van der Waals surface area contributed by atoms with Crippen molar-refractivity contribution in [1.29, 1.82) is 0 Å². The van der Waals surface area contributed by atoms with Gasteiger partial charge in [0, 0.05) is 6.54 Å². The van der Waals surface area contributed by atoms with Crippen LogP contribution in [0.25, 0.3) is 0 Å². The van der Waals surface area contributed by atoms with Crippen molar-refractivity contribution in [1.82, 2.24) is 10.6 Å². The molecule has 0 aliphatic carbocycles. The Kier molecular flexibility index (Phi) is 5.59.